The van der Waals surface area contributed by atoms with Gasteiger partial charge in [-0.3, -0.25) is 0 Å². The zero-order chi connectivity index (χ0) is 14.5. The number of rotatable bonds is 2. The second-order valence-electron chi connectivity index (χ2n) is 4.79. The van der Waals surface area contributed by atoms with Crippen LogP contribution in [0, 0.1) is 0 Å². The van der Waals surface area contributed by atoms with Crippen molar-refractivity contribution in [2.24, 2.45) is 0 Å². The third kappa shape index (κ3) is 1.76. The normalized spacial score (nSPS) is 25.3. The van der Waals surface area contributed by atoms with Crippen molar-refractivity contribution in [3.05, 3.63) is 10.3 Å². The van der Waals surface area contributed by atoms with Gasteiger partial charge in [0, 0.05) is 0 Å². The first-order chi connectivity index (χ1) is 7.87. The van der Waals surface area contributed by atoms with Crippen molar-refractivity contribution in [2.75, 3.05) is 0 Å². The molecule has 1 aliphatic rings. The van der Waals surface area contributed by atoms with Crippen molar-refractivity contribution in [1.82, 2.24) is 0 Å². The predicted molar refractivity (Wildman–Crippen MR) is 63.3 cm³/mol. The molecule has 0 atom stereocenters. The van der Waals surface area contributed by atoms with Crippen LogP contribution in [0.1, 0.15) is 27.7 Å². The van der Waals surface area contributed by atoms with Crippen LogP contribution >= 0.6 is 18.7 Å². The van der Waals surface area contributed by atoms with Gasteiger partial charge in [-0.1, -0.05) is 0 Å². The van der Waals surface area contributed by atoms with Gasteiger partial charge in [-0.15, -0.1) is 0 Å². The second-order valence-corrected chi connectivity index (χ2v) is 10.2. The van der Waals surface area contributed by atoms with Gasteiger partial charge in [0.25, 0.3) is 0 Å². The molecule has 0 bridgehead atoms. The number of hydrogen-bond acceptors (Lipinski definition) is 2. The Morgan fingerprint density at radius 1 is 1.17 bits per heavy atom. The van der Waals surface area contributed by atoms with Crippen LogP contribution in [0.3, 0.4) is 0 Å². The van der Waals surface area contributed by atoms with Crippen LogP contribution in [0.5, 0.6) is 0 Å². The maximum atomic E-state index is 15.4. The molecular weight excluding hydrogens is 295 g/mol. The SMILES string of the molecule is CC(C)P1(F)(C(C)C)OC(=O)C(C(F)(F)F)=C1Cl. The Balaban J connectivity index is 3.64. The van der Waals surface area contributed by atoms with Crippen LogP contribution in [-0.4, -0.2) is 23.5 Å². The maximum absolute atomic E-state index is 15.4. The summed E-state index contributed by atoms with van der Waals surface area (Å²) in [6.45, 7) is 5.47. The van der Waals surface area contributed by atoms with Crippen LogP contribution in [0.25, 0.3) is 0 Å². The molecule has 0 spiro atoms. The van der Waals surface area contributed by atoms with Crippen LogP contribution in [-0.2, 0) is 9.32 Å². The number of carbonyl (C=O) groups is 1. The Morgan fingerprint density at radius 2 is 1.56 bits per heavy atom. The Morgan fingerprint density at radius 3 is 1.72 bits per heavy atom. The molecule has 18 heavy (non-hydrogen) atoms. The fourth-order valence-electron chi connectivity index (χ4n) is 2.05. The molecule has 0 fully saturated rings. The zero-order valence-electron chi connectivity index (χ0n) is 10.3. The number of halogens is 5. The molecular formula is C10H14ClF4O2P. The monoisotopic (exact) mass is 308 g/mol. The molecule has 1 aliphatic heterocycles. The van der Waals surface area contributed by atoms with E-state index in [9.17, 15) is 18.0 Å². The van der Waals surface area contributed by atoms with E-state index in [4.69, 9.17) is 11.6 Å². The average molecular weight is 309 g/mol. The van der Waals surface area contributed by atoms with Crippen molar-refractivity contribution in [1.29, 1.82) is 0 Å². The quantitative estimate of drug-likeness (QED) is 0.545. The Kier molecular flexibility index (Phi) is 3.55. The van der Waals surface area contributed by atoms with Crippen molar-refractivity contribution in [2.45, 2.75) is 45.2 Å². The van der Waals surface area contributed by atoms with Gasteiger partial charge in [-0.25, -0.2) is 0 Å². The average Bonchev–Trinajstić information content (AvgIpc) is 2.35. The van der Waals surface area contributed by atoms with Crippen LogP contribution < -0.4 is 0 Å². The first-order valence-corrected chi connectivity index (χ1v) is 7.88. The van der Waals surface area contributed by atoms with Crippen molar-refractivity contribution in [3.63, 3.8) is 0 Å². The summed E-state index contributed by atoms with van der Waals surface area (Å²) in [6.07, 6.45) is -5.01. The van der Waals surface area contributed by atoms with E-state index in [0.717, 1.165) is 0 Å². The van der Waals surface area contributed by atoms with Gasteiger partial charge < -0.3 is 0 Å². The van der Waals surface area contributed by atoms with E-state index in [1.165, 1.54) is 27.7 Å². The first kappa shape index (κ1) is 15.7. The minimum absolute atomic E-state index is 0.924. The molecule has 106 valence electrons. The van der Waals surface area contributed by atoms with Crippen molar-refractivity contribution >= 4 is 24.7 Å². The summed E-state index contributed by atoms with van der Waals surface area (Å²) in [5.74, 6) is -1.71. The molecule has 0 radical (unpaired) electrons. The van der Waals surface area contributed by atoms with Crippen LogP contribution in [0.2, 0.25) is 0 Å². The standard InChI is InChI=1S/C10H14ClF4O2P/c1-5(2)18(15,6(3)4)8(11)7(9(16)17-18)10(12,13)14/h5-6H,1-4H3. The molecule has 8 heteroatoms. The molecule has 1 heterocycles. The van der Waals surface area contributed by atoms with Gasteiger partial charge in [0.1, 0.15) is 0 Å². The summed E-state index contributed by atoms with van der Waals surface area (Å²) < 4.78 is 57.0. The summed E-state index contributed by atoms with van der Waals surface area (Å²) in [6, 6.07) is 0. The Bertz CT molecular complexity index is 420. The Labute approximate surface area is 107 Å². The van der Waals surface area contributed by atoms with Gasteiger partial charge in [-0.05, 0) is 0 Å². The molecule has 0 aromatic heterocycles. The molecule has 0 N–H and O–H groups in total. The molecule has 2 nitrogen and oxygen atoms in total. The zero-order valence-corrected chi connectivity index (χ0v) is 12.0. The topological polar surface area (TPSA) is 26.3 Å². The van der Waals surface area contributed by atoms with Crippen molar-refractivity contribution in [3.8, 4) is 0 Å². The molecule has 0 aromatic rings. The summed E-state index contributed by atoms with van der Waals surface area (Å²) >= 11 is 5.61. The molecule has 0 unspecified atom stereocenters. The van der Waals surface area contributed by atoms with E-state index in [0.29, 0.717) is 0 Å². The summed E-state index contributed by atoms with van der Waals surface area (Å²) in [5, 5.41) is 0. The summed E-state index contributed by atoms with van der Waals surface area (Å²) in [4.78, 5) is 11.4. The summed E-state index contributed by atoms with van der Waals surface area (Å²) in [7, 11) is -5.04. The van der Waals surface area contributed by atoms with E-state index in [-0.39, 0.29) is 0 Å². The van der Waals surface area contributed by atoms with E-state index in [1.54, 1.807) is 0 Å². The molecule has 1 rings (SSSR count). The number of hydrogen-bond donors (Lipinski definition) is 0. The van der Waals surface area contributed by atoms with Crippen LogP contribution in [0.15, 0.2) is 10.3 Å². The van der Waals surface area contributed by atoms with Gasteiger partial charge in [0.2, 0.25) is 0 Å². The predicted octanol–water partition coefficient (Wildman–Crippen LogP) is 4.73. The molecule has 0 saturated carbocycles. The van der Waals surface area contributed by atoms with Gasteiger partial charge in [0.05, 0.1) is 0 Å². The molecule has 0 amide bonds. The van der Waals surface area contributed by atoms with Crippen LogP contribution in [0.4, 0.5) is 17.4 Å². The fourth-order valence-corrected chi connectivity index (χ4v) is 7.19. The van der Waals surface area contributed by atoms with E-state index < -0.39 is 41.0 Å². The second kappa shape index (κ2) is 4.07. The number of alkyl halides is 3. The van der Waals surface area contributed by atoms with Gasteiger partial charge in [0.15, 0.2) is 0 Å². The van der Waals surface area contributed by atoms with Gasteiger partial charge >= 0.3 is 107 Å². The van der Waals surface area contributed by atoms with E-state index in [1.807, 2.05) is 0 Å². The summed E-state index contributed by atoms with van der Waals surface area (Å²) in [5.41, 5.74) is -3.55. The van der Waals surface area contributed by atoms with Crippen molar-refractivity contribution < 1.29 is 26.7 Å². The van der Waals surface area contributed by atoms with Gasteiger partial charge in [-0.2, -0.15) is 0 Å². The van der Waals surface area contributed by atoms with E-state index in [2.05, 4.69) is 4.52 Å². The third-order valence-electron chi connectivity index (χ3n) is 3.27. The first-order valence-electron chi connectivity index (χ1n) is 5.32. The molecule has 0 saturated heterocycles. The Hall–Kier alpha value is -0.350. The third-order valence-corrected chi connectivity index (χ3v) is 9.81. The number of carbonyl (C=O) groups excluding carboxylic acids is 1. The minimum atomic E-state index is -5.04. The molecule has 0 aromatic carbocycles. The fraction of sp³-hybridized carbons (Fsp3) is 0.700. The van der Waals surface area contributed by atoms with E-state index >= 15 is 4.20 Å². The molecule has 0 aliphatic carbocycles.